The van der Waals surface area contributed by atoms with Crippen LogP contribution in [-0.2, 0) is 14.3 Å². The van der Waals surface area contributed by atoms with Gasteiger partial charge in [-0.25, -0.2) is 0 Å². The van der Waals surface area contributed by atoms with E-state index in [-0.39, 0.29) is 29.8 Å². The lowest BCUT2D eigenvalue weighted by Gasteiger charge is -2.36. The first-order chi connectivity index (χ1) is 9.13. The van der Waals surface area contributed by atoms with Crippen LogP contribution in [0.3, 0.4) is 0 Å². The van der Waals surface area contributed by atoms with Crippen LogP contribution in [0, 0.1) is 11.8 Å². The highest BCUT2D eigenvalue weighted by atomic mass is 16.5. The van der Waals surface area contributed by atoms with Crippen molar-refractivity contribution >= 4 is 11.9 Å². The van der Waals surface area contributed by atoms with Crippen LogP contribution in [0.15, 0.2) is 0 Å². The number of hydrogen-bond donors (Lipinski definition) is 1. The normalized spacial score (nSPS) is 29.1. The predicted octanol–water partition coefficient (Wildman–Crippen LogP) is 0.915. The molecule has 1 amide bonds. The SMILES string of the molecule is COC(=O)C1CCN(C(=O)C2CCCCC2N)CC1. The number of hydrogen-bond acceptors (Lipinski definition) is 4. The Hall–Kier alpha value is -1.10. The Kier molecular flexibility index (Phi) is 4.80. The number of amides is 1. The third kappa shape index (κ3) is 3.26. The monoisotopic (exact) mass is 268 g/mol. The fourth-order valence-electron chi connectivity index (χ4n) is 3.20. The van der Waals surface area contributed by atoms with Crippen LogP contribution in [0.4, 0.5) is 0 Å². The van der Waals surface area contributed by atoms with Crippen LogP contribution in [0.2, 0.25) is 0 Å². The van der Waals surface area contributed by atoms with Gasteiger partial charge in [0, 0.05) is 19.1 Å². The van der Waals surface area contributed by atoms with Crippen LogP contribution in [-0.4, -0.2) is 43.0 Å². The van der Waals surface area contributed by atoms with Crippen molar-refractivity contribution in [2.45, 2.75) is 44.6 Å². The smallest absolute Gasteiger partial charge is 0.308 e. The van der Waals surface area contributed by atoms with Gasteiger partial charge >= 0.3 is 5.97 Å². The van der Waals surface area contributed by atoms with Gasteiger partial charge in [0.05, 0.1) is 18.9 Å². The molecule has 0 aromatic heterocycles. The second kappa shape index (κ2) is 6.37. The molecule has 2 unspecified atom stereocenters. The number of methoxy groups -OCH3 is 1. The number of piperidine rings is 1. The van der Waals surface area contributed by atoms with Gasteiger partial charge in [0.15, 0.2) is 0 Å². The fourth-order valence-corrected chi connectivity index (χ4v) is 3.20. The summed E-state index contributed by atoms with van der Waals surface area (Å²) in [5.74, 6) is -0.0190. The van der Waals surface area contributed by atoms with E-state index in [1.54, 1.807) is 0 Å². The van der Waals surface area contributed by atoms with Crippen molar-refractivity contribution in [3.63, 3.8) is 0 Å². The van der Waals surface area contributed by atoms with Gasteiger partial charge in [-0.1, -0.05) is 12.8 Å². The zero-order valence-corrected chi connectivity index (χ0v) is 11.6. The average Bonchev–Trinajstić information content (AvgIpc) is 2.46. The largest absolute Gasteiger partial charge is 0.469 e. The summed E-state index contributed by atoms with van der Waals surface area (Å²) in [7, 11) is 1.42. The Morgan fingerprint density at radius 3 is 2.32 bits per heavy atom. The first-order valence-electron chi connectivity index (χ1n) is 7.25. The van der Waals surface area contributed by atoms with E-state index < -0.39 is 0 Å². The fraction of sp³-hybridized carbons (Fsp3) is 0.857. The lowest BCUT2D eigenvalue weighted by molar-refractivity contribution is -0.150. The van der Waals surface area contributed by atoms with Crippen molar-refractivity contribution < 1.29 is 14.3 Å². The summed E-state index contributed by atoms with van der Waals surface area (Å²) in [5.41, 5.74) is 6.06. The van der Waals surface area contributed by atoms with Crippen LogP contribution >= 0.6 is 0 Å². The minimum atomic E-state index is -0.151. The van der Waals surface area contributed by atoms with E-state index in [1.165, 1.54) is 7.11 Å². The lowest BCUT2D eigenvalue weighted by Crippen LogP contribution is -2.48. The summed E-state index contributed by atoms with van der Waals surface area (Å²) >= 11 is 0. The Labute approximate surface area is 114 Å². The molecule has 0 aromatic rings. The highest BCUT2D eigenvalue weighted by Gasteiger charge is 2.34. The standard InChI is InChI=1S/C14H24N2O3/c1-19-14(18)10-6-8-16(9-7-10)13(17)11-4-2-3-5-12(11)15/h10-12H,2-9,15H2,1H3. The number of carbonyl (C=O) groups excluding carboxylic acids is 2. The van der Waals surface area contributed by atoms with E-state index in [1.807, 2.05) is 4.90 Å². The molecule has 1 aliphatic heterocycles. The third-order valence-corrected chi connectivity index (χ3v) is 4.48. The van der Waals surface area contributed by atoms with Gasteiger partial charge in [-0.3, -0.25) is 9.59 Å². The summed E-state index contributed by atoms with van der Waals surface area (Å²) in [6.45, 7) is 1.31. The molecule has 5 heteroatoms. The maximum atomic E-state index is 12.4. The Balaban J connectivity index is 1.86. The van der Waals surface area contributed by atoms with Crippen molar-refractivity contribution in [1.29, 1.82) is 0 Å². The van der Waals surface area contributed by atoms with E-state index in [0.717, 1.165) is 25.7 Å². The molecule has 0 bridgehead atoms. The highest BCUT2D eigenvalue weighted by molar-refractivity contribution is 5.80. The molecule has 1 heterocycles. The molecule has 1 saturated carbocycles. The van der Waals surface area contributed by atoms with E-state index >= 15 is 0 Å². The zero-order valence-electron chi connectivity index (χ0n) is 11.6. The molecule has 0 aromatic carbocycles. The van der Waals surface area contributed by atoms with E-state index in [0.29, 0.717) is 25.9 Å². The van der Waals surface area contributed by atoms with Gasteiger partial charge < -0.3 is 15.4 Å². The second-order valence-electron chi connectivity index (χ2n) is 5.68. The quantitative estimate of drug-likeness (QED) is 0.756. The van der Waals surface area contributed by atoms with Crippen molar-refractivity contribution in [2.75, 3.05) is 20.2 Å². The minimum absolute atomic E-state index is 0.0107. The summed E-state index contributed by atoms with van der Waals surface area (Å²) in [5, 5.41) is 0. The molecule has 0 spiro atoms. The first-order valence-corrected chi connectivity index (χ1v) is 7.25. The molecule has 108 valence electrons. The molecule has 0 radical (unpaired) electrons. The number of likely N-dealkylation sites (tertiary alicyclic amines) is 1. The van der Waals surface area contributed by atoms with Gasteiger partial charge in [-0.2, -0.15) is 0 Å². The van der Waals surface area contributed by atoms with Crippen LogP contribution < -0.4 is 5.73 Å². The molecular weight excluding hydrogens is 244 g/mol. The van der Waals surface area contributed by atoms with Gasteiger partial charge in [0.25, 0.3) is 0 Å². The van der Waals surface area contributed by atoms with E-state index in [4.69, 9.17) is 10.5 Å². The van der Waals surface area contributed by atoms with Crippen LogP contribution in [0.5, 0.6) is 0 Å². The number of nitrogens with two attached hydrogens (primary N) is 1. The molecule has 19 heavy (non-hydrogen) atoms. The maximum Gasteiger partial charge on any atom is 0.308 e. The summed E-state index contributed by atoms with van der Waals surface area (Å²) in [6, 6.07) is 0.0135. The average molecular weight is 268 g/mol. The summed E-state index contributed by atoms with van der Waals surface area (Å²) in [6.07, 6.45) is 5.52. The highest BCUT2D eigenvalue weighted by Crippen LogP contribution is 2.27. The van der Waals surface area contributed by atoms with Gasteiger partial charge in [0.1, 0.15) is 0 Å². The number of carbonyl (C=O) groups is 2. The van der Waals surface area contributed by atoms with Gasteiger partial charge in [-0.05, 0) is 25.7 Å². The van der Waals surface area contributed by atoms with Gasteiger partial charge in [-0.15, -0.1) is 0 Å². The van der Waals surface area contributed by atoms with Gasteiger partial charge in [0.2, 0.25) is 5.91 Å². The number of rotatable bonds is 2. The van der Waals surface area contributed by atoms with E-state index in [9.17, 15) is 9.59 Å². The molecule has 1 saturated heterocycles. The maximum absolute atomic E-state index is 12.4. The number of ether oxygens (including phenoxy) is 1. The minimum Gasteiger partial charge on any atom is -0.469 e. The summed E-state index contributed by atoms with van der Waals surface area (Å²) < 4.78 is 4.76. The van der Waals surface area contributed by atoms with Crippen LogP contribution in [0.1, 0.15) is 38.5 Å². The van der Waals surface area contributed by atoms with Crippen LogP contribution in [0.25, 0.3) is 0 Å². The van der Waals surface area contributed by atoms with Crippen molar-refractivity contribution in [1.82, 2.24) is 4.90 Å². The molecule has 1 aliphatic carbocycles. The first kappa shape index (κ1) is 14.3. The number of esters is 1. The molecule has 2 atom stereocenters. The third-order valence-electron chi connectivity index (χ3n) is 4.48. The topological polar surface area (TPSA) is 72.6 Å². The van der Waals surface area contributed by atoms with Crippen molar-refractivity contribution in [3.8, 4) is 0 Å². The molecule has 2 aliphatic rings. The lowest BCUT2D eigenvalue weighted by atomic mass is 9.83. The predicted molar refractivity (Wildman–Crippen MR) is 71.3 cm³/mol. The molecule has 2 rings (SSSR count). The molecule has 5 nitrogen and oxygen atoms in total. The molecule has 2 fully saturated rings. The zero-order chi connectivity index (χ0) is 13.8. The van der Waals surface area contributed by atoms with Crippen molar-refractivity contribution in [2.24, 2.45) is 17.6 Å². The Morgan fingerprint density at radius 2 is 1.74 bits per heavy atom. The Bertz CT molecular complexity index is 338. The van der Waals surface area contributed by atoms with Crippen molar-refractivity contribution in [3.05, 3.63) is 0 Å². The second-order valence-corrected chi connectivity index (χ2v) is 5.68. The van der Waals surface area contributed by atoms with E-state index in [2.05, 4.69) is 0 Å². The molecule has 2 N–H and O–H groups in total. The number of nitrogens with zero attached hydrogens (tertiary/aromatic N) is 1. The summed E-state index contributed by atoms with van der Waals surface area (Å²) in [4.78, 5) is 25.8. The molecular formula is C14H24N2O3. The Morgan fingerprint density at radius 1 is 1.11 bits per heavy atom.